The number of carbonyl (C=O) groups excluding carboxylic acids is 1. The van der Waals surface area contributed by atoms with E-state index in [0.717, 1.165) is 6.29 Å². The predicted octanol–water partition coefficient (Wildman–Crippen LogP) is 1.88. The van der Waals surface area contributed by atoms with Crippen molar-refractivity contribution in [2.75, 3.05) is 5.75 Å². The molecule has 0 heterocycles. The fourth-order valence-electron chi connectivity index (χ4n) is 1.18. The summed E-state index contributed by atoms with van der Waals surface area (Å²) in [5, 5.41) is 0.177. The lowest BCUT2D eigenvalue weighted by atomic mass is 10.2. The van der Waals surface area contributed by atoms with Gasteiger partial charge in [-0.05, 0) is 17.7 Å². The van der Waals surface area contributed by atoms with E-state index in [0.29, 0.717) is 5.56 Å². The van der Waals surface area contributed by atoms with Crippen molar-refractivity contribution < 1.29 is 13.2 Å². The smallest absolute Gasteiger partial charge is 0.179 e. The summed E-state index contributed by atoms with van der Waals surface area (Å²) in [6, 6.07) is 4.56. The summed E-state index contributed by atoms with van der Waals surface area (Å²) in [7, 11) is -3.28. The van der Waals surface area contributed by atoms with Gasteiger partial charge in [-0.25, -0.2) is 8.42 Å². The van der Waals surface area contributed by atoms with E-state index in [1.54, 1.807) is 13.0 Å². The largest absolute Gasteiger partial charge is 0.303 e. The van der Waals surface area contributed by atoms with Crippen LogP contribution in [0.3, 0.4) is 0 Å². The van der Waals surface area contributed by atoms with Crippen LogP contribution in [0.1, 0.15) is 12.5 Å². The predicted molar refractivity (Wildman–Crippen MR) is 58.9 cm³/mol. The molecule has 3 nitrogen and oxygen atoms in total. The van der Waals surface area contributed by atoms with E-state index in [1.165, 1.54) is 12.1 Å². The molecule has 0 atom stereocenters. The first-order valence-corrected chi connectivity index (χ1v) is 6.49. The van der Waals surface area contributed by atoms with Crippen molar-refractivity contribution >= 4 is 27.7 Å². The van der Waals surface area contributed by atoms with Gasteiger partial charge in [-0.1, -0.05) is 24.6 Å². The van der Waals surface area contributed by atoms with Gasteiger partial charge in [-0.2, -0.15) is 0 Å². The van der Waals surface area contributed by atoms with Gasteiger partial charge in [0.1, 0.15) is 6.29 Å². The Morgan fingerprint density at radius 1 is 1.40 bits per heavy atom. The second kappa shape index (κ2) is 4.77. The van der Waals surface area contributed by atoms with Gasteiger partial charge in [0, 0.05) is 6.42 Å². The SMILES string of the molecule is CCS(=O)(=O)c1ccc(CC=O)cc1Cl. The maximum absolute atomic E-state index is 11.5. The Kier molecular flexibility index (Phi) is 3.88. The number of halogens is 1. The third-order valence-corrected chi connectivity index (χ3v) is 4.24. The molecule has 0 bridgehead atoms. The van der Waals surface area contributed by atoms with Gasteiger partial charge in [0.15, 0.2) is 9.84 Å². The lowest BCUT2D eigenvalue weighted by molar-refractivity contribution is -0.107. The van der Waals surface area contributed by atoms with Crippen LogP contribution in [0.4, 0.5) is 0 Å². The van der Waals surface area contributed by atoms with Gasteiger partial charge in [-0.3, -0.25) is 0 Å². The number of sulfone groups is 1. The molecule has 1 aromatic rings. The highest BCUT2D eigenvalue weighted by molar-refractivity contribution is 7.91. The summed E-state index contributed by atoms with van der Waals surface area (Å²) in [6.07, 6.45) is 0.992. The van der Waals surface area contributed by atoms with Crippen molar-refractivity contribution in [3.63, 3.8) is 0 Å². The number of carbonyl (C=O) groups is 1. The number of aldehydes is 1. The molecule has 0 radical (unpaired) electrons. The summed E-state index contributed by atoms with van der Waals surface area (Å²) in [6.45, 7) is 1.56. The molecule has 0 aromatic heterocycles. The quantitative estimate of drug-likeness (QED) is 0.763. The molecule has 0 spiro atoms. The molecule has 0 aliphatic heterocycles. The minimum Gasteiger partial charge on any atom is -0.303 e. The van der Waals surface area contributed by atoms with Crippen LogP contribution < -0.4 is 0 Å². The molecule has 0 unspecified atom stereocenters. The minimum absolute atomic E-state index is 0.0136. The van der Waals surface area contributed by atoms with Crippen LogP contribution in [0.15, 0.2) is 23.1 Å². The zero-order chi connectivity index (χ0) is 11.5. The van der Waals surface area contributed by atoms with Crippen molar-refractivity contribution in [2.24, 2.45) is 0 Å². The lowest BCUT2D eigenvalue weighted by Crippen LogP contribution is -2.04. The highest BCUT2D eigenvalue weighted by Gasteiger charge is 2.15. The van der Waals surface area contributed by atoms with Gasteiger partial charge in [-0.15, -0.1) is 0 Å². The van der Waals surface area contributed by atoms with Crippen molar-refractivity contribution in [3.8, 4) is 0 Å². The highest BCUT2D eigenvalue weighted by atomic mass is 35.5. The number of hydrogen-bond donors (Lipinski definition) is 0. The van der Waals surface area contributed by atoms with Gasteiger partial charge in [0.05, 0.1) is 15.7 Å². The first-order valence-electron chi connectivity index (χ1n) is 4.46. The van der Waals surface area contributed by atoms with E-state index in [9.17, 15) is 13.2 Å². The molecule has 0 N–H and O–H groups in total. The molecule has 1 rings (SSSR count). The Bertz CT molecular complexity index is 466. The van der Waals surface area contributed by atoms with Gasteiger partial charge in [0.2, 0.25) is 0 Å². The van der Waals surface area contributed by atoms with Crippen LogP contribution in [0, 0.1) is 0 Å². The molecule has 0 amide bonds. The third-order valence-electron chi connectivity index (χ3n) is 2.03. The second-order valence-electron chi connectivity index (χ2n) is 3.04. The first-order chi connectivity index (χ1) is 7.01. The maximum atomic E-state index is 11.5. The lowest BCUT2D eigenvalue weighted by Gasteiger charge is -2.05. The molecule has 82 valence electrons. The molecule has 5 heteroatoms. The van der Waals surface area contributed by atoms with Crippen LogP contribution in [-0.2, 0) is 21.1 Å². The Balaban J connectivity index is 3.20. The zero-order valence-corrected chi connectivity index (χ0v) is 9.81. The van der Waals surface area contributed by atoms with Gasteiger partial charge < -0.3 is 4.79 Å². The highest BCUT2D eigenvalue weighted by Crippen LogP contribution is 2.23. The topological polar surface area (TPSA) is 51.2 Å². The standard InChI is InChI=1S/C10H11ClO3S/c1-2-15(13,14)10-4-3-8(5-6-12)7-9(10)11/h3-4,6-7H,2,5H2,1H3. The van der Waals surface area contributed by atoms with Crippen molar-refractivity contribution in [1.29, 1.82) is 0 Å². The van der Waals surface area contributed by atoms with Crippen molar-refractivity contribution in [2.45, 2.75) is 18.2 Å². The summed E-state index contributed by atoms with van der Waals surface area (Å²) in [5.41, 5.74) is 0.713. The summed E-state index contributed by atoms with van der Waals surface area (Å²) in [5.74, 6) is 0.0136. The van der Waals surface area contributed by atoms with Gasteiger partial charge in [0.25, 0.3) is 0 Å². The summed E-state index contributed by atoms with van der Waals surface area (Å²) < 4.78 is 23.1. The van der Waals surface area contributed by atoms with Crippen molar-refractivity contribution in [3.05, 3.63) is 28.8 Å². The van der Waals surface area contributed by atoms with Crippen LogP contribution in [0.2, 0.25) is 5.02 Å². The molecular weight excluding hydrogens is 236 g/mol. The average molecular weight is 247 g/mol. The Hall–Kier alpha value is -0.870. The van der Waals surface area contributed by atoms with E-state index >= 15 is 0 Å². The molecule has 15 heavy (non-hydrogen) atoms. The average Bonchev–Trinajstić information content (AvgIpc) is 2.18. The number of benzene rings is 1. The van der Waals surface area contributed by atoms with E-state index in [-0.39, 0.29) is 22.1 Å². The Morgan fingerprint density at radius 3 is 2.53 bits per heavy atom. The van der Waals surface area contributed by atoms with E-state index in [4.69, 9.17) is 11.6 Å². The normalized spacial score (nSPS) is 11.3. The minimum atomic E-state index is -3.28. The van der Waals surface area contributed by atoms with Crippen LogP contribution in [0.5, 0.6) is 0 Å². The molecule has 0 fully saturated rings. The first kappa shape index (κ1) is 12.2. The van der Waals surface area contributed by atoms with Gasteiger partial charge >= 0.3 is 0 Å². The third kappa shape index (κ3) is 2.79. The van der Waals surface area contributed by atoms with E-state index in [2.05, 4.69) is 0 Å². The molecule has 0 saturated carbocycles. The Labute approximate surface area is 94.0 Å². The van der Waals surface area contributed by atoms with Crippen molar-refractivity contribution in [1.82, 2.24) is 0 Å². The molecule has 1 aromatic carbocycles. The number of rotatable bonds is 4. The van der Waals surface area contributed by atoms with Crippen LogP contribution in [0.25, 0.3) is 0 Å². The molecular formula is C10H11ClO3S. The summed E-state index contributed by atoms with van der Waals surface area (Å²) >= 11 is 5.83. The van der Waals surface area contributed by atoms with Crippen LogP contribution in [-0.4, -0.2) is 20.5 Å². The Morgan fingerprint density at radius 2 is 2.07 bits per heavy atom. The number of hydrogen-bond acceptors (Lipinski definition) is 3. The van der Waals surface area contributed by atoms with Crippen LogP contribution >= 0.6 is 11.6 Å². The fraction of sp³-hybridized carbons (Fsp3) is 0.300. The summed E-state index contributed by atoms with van der Waals surface area (Å²) in [4.78, 5) is 10.4. The molecule has 0 aliphatic rings. The molecule has 0 aliphatic carbocycles. The van der Waals surface area contributed by atoms with E-state index < -0.39 is 9.84 Å². The second-order valence-corrected chi connectivity index (χ2v) is 5.69. The van der Waals surface area contributed by atoms with E-state index in [1.807, 2.05) is 0 Å². The fourth-order valence-corrected chi connectivity index (χ4v) is 2.67. The maximum Gasteiger partial charge on any atom is 0.179 e. The molecule has 0 saturated heterocycles. The monoisotopic (exact) mass is 246 g/mol. The zero-order valence-electron chi connectivity index (χ0n) is 8.23.